The van der Waals surface area contributed by atoms with Crippen LogP contribution in [0.15, 0.2) is 46.9 Å². The minimum Gasteiger partial charge on any atom is -0.0837 e. The van der Waals surface area contributed by atoms with Crippen LogP contribution in [-0.2, 0) is 6.42 Å². The number of hydrogen-bond acceptors (Lipinski definition) is 0. The molecule has 18 heavy (non-hydrogen) atoms. The number of hydrogen-bond donors (Lipinski definition) is 0. The van der Waals surface area contributed by atoms with Gasteiger partial charge in [0.15, 0.2) is 0 Å². The van der Waals surface area contributed by atoms with Crippen molar-refractivity contribution >= 4 is 43.5 Å². The Morgan fingerprint density at radius 2 is 1.89 bits per heavy atom. The van der Waals surface area contributed by atoms with Crippen molar-refractivity contribution in [2.75, 3.05) is 0 Å². The predicted molar refractivity (Wildman–Crippen MR) is 85.7 cm³/mol. The topological polar surface area (TPSA) is 0 Å². The van der Waals surface area contributed by atoms with Gasteiger partial charge in [-0.1, -0.05) is 73.8 Å². The molecule has 0 spiro atoms. The van der Waals surface area contributed by atoms with Crippen LogP contribution in [0.4, 0.5) is 0 Å². The van der Waals surface area contributed by atoms with E-state index >= 15 is 0 Å². The molecule has 0 nitrogen and oxygen atoms in total. The van der Waals surface area contributed by atoms with E-state index in [0.717, 1.165) is 27.0 Å². The second-order valence-corrected chi connectivity index (χ2v) is 6.68. The van der Waals surface area contributed by atoms with Crippen LogP contribution >= 0.6 is 43.5 Å². The molecule has 0 bridgehead atoms. The SMILES string of the molecule is Cc1cccc(C(Br)Cc2cccc(Br)c2)c1Cl. The normalized spacial score (nSPS) is 12.4. The number of alkyl halides is 1. The van der Waals surface area contributed by atoms with Gasteiger partial charge in [0.05, 0.1) is 0 Å². The van der Waals surface area contributed by atoms with Crippen molar-refractivity contribution in [1.82, 2.24) is 0 Å². The Kier molecular flexibility index (Phi) is 4.88. The molecule has 0 saturated heterocycles. The van der Waals surface area contributed by atoms with Gasteiger partial charge < -0.3 is 0 Å². The lowest BCUT2D eigenvalue weighted by Crippen LogP contribution is -1.97. The lowest BCUT2D eigenvalue weighted by Gasteiger charge is -2.13. The van der Waals surface area contributed by atoms with Crippen molar-refractivity contribution in [3.05, 3.63) is 68.7 Å². The highest BCUT2D eigenvalue weighted by Gasteiger charge is 2.13. The van der Waals surface area contributed by atoms with Crippen LogP contribution in [-0.4, -0.2) is 0 Å². The van der Waals surface area contributed by atoms with Gasteiger partial charge in [-0.25, -0.2) is 0 Å². The van der Waals surface area contributed by atoms with E-state index in [2.05, 4.69) is 56.1 Å². The molecule has 1 atom stereocenters. The number of halogens is 3. The zero-order chi connectivity index (χ0) is 13.1. The molecule has 94 valence electrons. The maximum Gasteiger partial charge on any atom is 0.0478 e. The molecule has 2 aromatic carbocycles. The average molecular weight is 389 g/mol. The summed E-state index contributed by atoms with van der Waals surface area (Å²) < 4.78 is 1.11. The third-order valence-corrected chi connectivity index (χ3v) is 4.69. The van der Waals surface area contributed by atoms with Gasteiger partial charge in [0.2, 0.25) is 0 Å². The smallest absolute Gasteiger partial charge is 0.0478 e. The van der Waals surface area contributed by atoms with Crippen molar-refractivity contribution in [3.63, 3.8) is 0 Å². The lowest BCUT2D eigenvalue weighted by atomic mass is 10.0. The molecule has 0 heterocycles. The van der Waals surface area contributed by atoms with Gasteiger partial charge in [0, 0.05) is 14.3 Å². The van der Waals surface area contributed by atoms with Gasteiger partial charge in [-0.3, -0.25) is 0 Å². The zero-order valence-corrected chi connectivity index (χ0v) is 13.9. The molecular formula is C15H13Br2Cl. The molecule has 3 heteroatoms. The lowest BCUT2D eigenvalue weighted by molar-refractivity contribution is 0.946. The molecule has 0 amide bonds. The van der Waals surface area contributed by atoms with Crippen molar-refractivity contribution in [2.24, 2.45) is 0 Å². The average Bonchev–Trinajstić information content (AvgIpc) is 2.32. The number of aryl methyl sites for hydroxylation is 1. The van der Waals surface area contributed by atoms with Crippen LogP contribution in [0.1, 0.15) is 21.5 Å². The van der Waals surface area contributed by atoms with Gasteiger partial charge in [-0.2, -0.15) is 0 Å². The minimum atomic E-state index is 0.235. The van der Waals surface area contributed by atoms with Crippen molar-refractivity contribution in [1.29, 1.82) is 0 Å². The fraction of sp³-hybridized carbons (Fsp3) is 0.200. The quantitative estimate of drug-likeness (QED) is 0.558. The minimum absolute atomic E-state index is 0.235. The summed E-state index contributed by atoms with van der Waals surface area (Å²) in [7, 11) is 0. The van der Waals surface area contributed by atoms with Crippen LogP contribution in [0.2, 0.25) is 5.02 Å². The van der Waals surface area contributed by atoms with Crippen LogP contribution in [0, 0.1) is 6.92 Å². The summed E-state index contributed by atoms with van der Waals surface area (Å²) in [4.78, 5) is 0.235. The largest absolute Gasteiger partial charge is 0.0837 e. The van der Waals surface area contributed by atoms with E-state index in [1.54, 1.807) is 0 Å². The molecule has 1 unspecified atom stereocenters. The monoisotopic (exact) mass is 386 g/mol. The molecule has 0 aliphatic carbocycles. The highest BCUT2D eigenvalue weighted by Crippen LogP contribution is 2.34. The molecule has 0 aliphatic rings. The van der Waals surface area contributed by atoms with Gasteiger partial charge in [-0.15, -0.1) is 0 Å². The first-order valence-electron chi connectivity index (χ1n) is 5.71. The Morgan fingerprint density at radius 3 is 2.61 bits per heavy atom. The van der Waals surface area contributed by atoms with Crippen molar-refractivity contribution in [3.8, 4) is 0 Å². The van der Waals surface area contributed by atoms with Gasteiger partial charge >= 0.3 is 0 Å². The highest BCUT2D eigenvalue weighted by molar-refractivity contribution is 9.10. The molecule has 0 saturated carbocycles. The van der Waals surface area contributed by atoms with Crippen LogP contribution < -0.4 is 0 Å². The molecule has 2 rings (SSSR count). The highest BCUT2D eigenvalue weighted by atomic mass is 79.9. The standard InChI is InChI=1S/C15H13Br2Cl/c1-10-4-2-7-13(15(10)18)14(17)9-11-5-3-6-12(16)8-11/h2-8,14H,9H2,1H3. The molecule has 0 radical (unpaired) electrons. The van der Waals surface area contributed by atoms with Crippen LogP contribution in [0.5, 0.6) is 0 Å². The van der Waals surface area contributed by atoms with E-state index in [1.807, 2.05) is 25.1 Å². The maximum absolute atomic E-state index is 6.35. The third kappa shape index (κ3) is 3.37. The van der Waals surface area contributed by atoms with Gasteiger partial charge in [-0.05, 0) is 42.2 Å². The number of benzene rings is 2. The maximum atomic E-state index is 6.35. The molecule has 0 aromatic heterocycles. The Balaban J connectivity index is 2.22. The molecule has 2 aromatic rings. The summed E-state index contributed by atoms with van der Waals surface area (Å²) in [5.41, 5.74) is 3.55. The van der Waals surface area contributed by atoms with E-state index in [-0.39, 0.29) is 4.83 Å². The summed E-state index contributed by atoms with van der Waals surface area (Å²) in [6.45, 7) is 2.03. The molecule has 0 fully saturated rings. The van der Waals surface area contributed by atoms with E-state index < -0.39 is 0 Å². The first-order chi connectivity index (χ1) is 8.58. The summed E-state index contributed by atoms with van der Waals surface area (Å²) in [5.74, 6) is 0. The molecule has 0 aliphatic heterocycles. The zero-order valence-electron chi connectivity index (χ0n) is 9.96. The van der Waals surface area contributed by atoms with Crippen molar-refractivity contribution < 1.29 is 0 Å². The van der Waals surface area contributed by atoms with E-state index in [4.69, 9.17) is 11.6 Å². The summed E-state index contributed by atoms with van der Waals surface area (Å²) >= 11 is 13.6. The van der Waals surface area contributed by atoms with Gasteiger partial charge in [0.25, 0.3) is 0 Å². The van der Waals surface area contributed by atoms with E-state index in [1.165, 1.54) is 5.56 Å². The first-order valence-corrected chi connectivity index (χ1v) is 7.80. The van der Waals surface area contributed by atoms with E-state index in [0.29, 0.717) is 0 Å². The summed E-state index contributed by atoms with van der Waals surface area (Å²) in [6.07, 6.45) is 0.919. The number of rotatable bonds is 3. The fourth-order valence-corrected chi connectivity index (χ4v) is 3.48. The second-order valence-electron chi connectivity index (χ2n) is 4.28. The Hall–Kier alpha value is -0.310. The van der Waals surface area contributed by atoms with Crippen LogP contribution in [0.25, 0.3) is 0 Å². The Morgan fingerprint density at radius 1 is 1.17 bits per heavy atom. The predicted octanol–water partition coefficient (Wildman–Crippen LogP) is 6.09. The summed E-state index contributed by atoms with van der Waals surface area (Å²) in [5, 5.41) is 0.856. The fourth-order valence-electron chi connectivity index (χ4n) is 1.89. The second kappa shape index (κ2) is 6.23. The third-order valence-electron chi connectivity index (χ3n) is 2.86. The Labute approximate surface area is 130 Å². The first kappa shape index (κ1) is 14.1. The Bertz CT molecular complexity index is 552. The van der Waals surface area contributed by atoms with E-state index in [9.17, 15) is 0 Å². The van der Waals surface area contributed by atoms with Crippen LogP contribution in [0.3, 0.4) is 0 Å². The van der Waals surface area contributed by atoms with Gasteiger partial charge in [0.1, 0.15) is 0 Å². The molecular weight excluding hydrogens is 375 g/mol. The van der Waals surface area contributed by atoms with Crippen molar-refractivity contribution in [2.45, 2.75) is 18.2 Å². The molecule has 0 N–H and O–H groups in total. The summed E-state index contributed by atoms with van der Waals surface area (Å²) in [6, 6.07) is 14.5.